The average molecular weight is 168 g/mol. The Hall–Kier alpha value is -0.300. The monoisotopic (exact) mass is 168 g/mol. The van der Waals surface area contributed by atoms with Crippen molar-refractivity contribution in [1.82, 2.24) is 0 Å². The fourth-order valence-corrected chi connectivity index (χ4v) is 2.20. The van der Waals surface area contributed by atoms with Gasteiger partial charge in [0.25, 0.3) is 0 Å². The zero-order valence-electron chi connectivity index (χ0n) is 8.59. The van der Waals surface area contributed by atoms with Gasteiger partial charge in [0.2, 0.25) is 0 Å². The minimum absolute atomic E-state index is 0.546. The van der Waals surface area contributed by atoms with Crippen LogP contribution in [0.3, 0.4) is 0 Å². The molecular formula is C11H20O. The first-order valence-corrected chi connectivity index (χ1v) is 4.84. The number of allylic oxidation sites excluding steroid dienone is 1. The van der Waals surface area contributed by atoms with Crippen molar-refractivity contribution in [3.05, 3.63) is 11.6 Å². The van der Waals surface area contributed by atoms with Crippen molar-refractivity contribution in [1.29, 1.82) is 0 Å². The lowest BCUT2D eigenvalue weighted by Crippen LogP contribution is -2.29. The first kappa shape index (κ1) is 9.79. The summed E-state index contributed by atoms with van der Waals surface area (Å²) in [4.78, 5) is 0. The van der Waals surface area contributed by atoms with Crippen LogP contribution in [0.4, 0.5) is 0 Å². The number of rotatable bonds is 1. The Kier molecular flexibility index (Phi) is 2.62. The zero-order valence-corrected chi connectivity index (χ0v) is 8.59. The molecule has 1 rings (SSSR count). The Balaban J connectivity index is 2.76. The zero-order chi connectivity index (χ0) is 9.35. The van der Waals surface area contributed by atoms with E-state index < -0.39 is 5.60 Å². The fraction of sp³-hybridized carbons (Fsp3) is 0.818. The van der Waals surface area contributed by atoms with Gasteiger partial charge in [0.15, 0.2) is 0 Å². The van der Waals surface area contributed by atoms with E-state index in [0.29, 0.717) is 11.8 Å². The standard InChI is InChI=1S/C11H20O/c1-8(2)10-5-6-11(4,12)7-9(10)3/h7-8,10,12H,5-6H2,1-4H3. The maximum absolute atomic E-state index is 9.77. The van der Waals surface area contributed by atoms with Gasteiger partial charge in [-0.3, -0.25) is 0 Å². The molecule has 2 atom stereocenters. The molecule has 0 spiro atoms. The van der Waals surface area contributed by atoms with Crippen LogP contribution in [0.15, 0.2) is 11.6 Å². The van der Waals surface area contributed by atoms with Crippen LogP contribution in [-0.2, 0) is 0 Å². The van der Waals surface area contributed by atoms with Gasteiger partial charge in [0.05, 0.1) is 5.60 Å². The molecular weight excluding hydrogens is 148 g/mol. The number of hydrogen-bond donors (Lipinski definition) is 1. The van der Waals surface area contributed by atoms with E-state index in [1.165, 1.54) is 5.57 Å². The first-order valence-electron chi connectivity index (χ1n) is 4.84. The van der Waals surface area contributed by atoms with Crippen LogP contribution < -0.4 is 0 Å². The van der Waals surface area contributed by atoms with E-state index in [1.807, 2.05) is 13.0 Å². The smallest absolute Gasteiger partial charge is 0.0802 e. The van der Waals surface area contributed by atoms with Gasteiger partial charge in [-0.05, 0) is 38.5 Å². The van der Waals surface area contributed by atoms with Crippen LogP contribution in [0.25, 0.3) is 0 Å². The molecule has 0 aromatic carbocycles. The van der Waals surface area contributed by atoms with E-state index in [2.05, 4.69) is 20.8 Å². The highest BCUT2D eigenvalue weighted by Crippen LogP contribution is 2.34. The van der Waals surface area contributed by atoms with Gasteiger partial charge in [-0.25, -0.2) is 0 Å². The second-order valence-corrected chi connectivity index (χ2v) is 4.63. The lowest BCUT2D eigenvalue weighted by atomic mass is 9.76. The molecule has 0 aromatic rings. The largest absolute Gasteiger partial charge is 0.386 e. The molecule has 12 heavy (non-hydrogen) atoms. The molecule has 0 saturated carbocycles. The second-order valence-electron chi connectivity index (χ2n) is 4.63. The summed E-state index contributed by atoms with van der Waals surface area (Å²) in [6.45, 7) is 8.54. The van der Waals surface area contributed by atoms with Gasteiger partial charge in [-0.15, -0.1) is 0 Å². The number of aliphatic hydroxyl groups is 1. The molecule has 1 heteroatoms. The molecule has 0 aliphatic heterocycles. The molecule has 0 radical (unpaired) electrons. The molecule has 1 nitrogen and oxygen atoms in total. The van der Waals surface area contributed by atoms with Crippen LogP contribution in [0, 0.1) is 11.8 Å². The normalized spacial score (nSPS) is 36.8. The van der Waals surface area contributed by atoms with Gasteiger partial charge >= 0.3 is 0 Å². The Morgan fingerprint density at radius 2 is 2.17 bits per heavy atom. The van der Waals surface area contributed by atoms with Crippen molar-refractivity contribution >= 4 is 0 Å². The molecule has 0 fully saturated rings. The van der Waals surface area contributed by atoms with Gasteiger partial charge < -0.3 is 5.11 Å². The summed E-state index contributed by atoms with van der Waals surface area (Å²) in [5.41, 5.74) is 0.816. The minimum atomic E-state index is -0.546. The first-order chi connectivity index (χ1) is 5.42. The molecule has 1 N–H and O–H groups in total. The Morgan fingerprint density at radius 1 is 1.58 bits per heavy atom. The summed E-state index contributed by atoms with van der Waals surface area (Å²) in [7, 11) is 0. The summed E-state index contributed by atoms with van der Waals surface area (Å²) in [6, 6.07) is 0. The van der Waals surface area contributed by atoms with Gasteiger partial charge in [0.1, 0.15) is 0 Å². The SMILES string of the molecule is CC1=CC(C)(O)CCC1C(C)C. The Morgan fingerprint density at radius 3 is 2.58 bits per heavy atom. The molecule has 1 aliphatic rings. The summed E-state index contributed by atoms with van der Waals surface area (Å²) < 4.78 is 0. The van der Waals surface area contributed by atoms with Crippen molar-refractivity contribution in [3.8, 4) is 0 Å². The van der Waals surface area contributed by atoms with Gasteiger partial charge in [-0.1, -0.05) is 25.5 Å². The predicted octanol–water partition coefficient (Wildman–Crippen LogP) is 2.75. The maximum atomic E-state index is 9.77. The Bertz CT molecular complexity index is 189. The second kappa shape index (κ2) is 3.21. The molecule has 0 saturated heterocycles. The summed E-state index contributed by atoms with van der Waals surface area (Å²) in [5.74, 6) is 1.39. The van der Waals surface area contributed by atoms with E-state index in [-0.39, 0.29) is 0 Å². The fourth-order valence-electron chi connectivity index (χ4n) is 2.20. The van der Waals surface area contributed by atoms with Crippen LogP contribution in [0.1, 0.15) is 40.5 Å². The van der Waals surface area contributed by atoms with Crippen molar-refractivity contribution < 1.29 is 5.11 Å². The third-order valence-electron chi connectivity index (χ3n) is 2.89. The quantitative estimate of drug-likeness (QED) is 0.597. The summed E-state index contributed by atoms with van der Waals surface area (Å²) in [6.07, 6.45) is 4.07. The van der Waals surface area contributed by atoms with Crippen LogP contribution in [-0.4, -0.2) is 10.7 Å². The molecule has 0 bridgehead atoms. The lowest BCUT2D eigenvalue weighted by molar-refractivity contribution is 0.0814. The van der Waals surface area contributed by atoms with Crippen molar-refractivity contribution in [3.63, 3.8) is 0 Å². The van der Waals surface area contributed by atoms with E-state index in [9.17, 15) is 5.11 Å². The minimum Gasteiger partial charge on any atom is -0.386 e. The maximum Gasteiger partial charge on any atom is 0.0802 e. The van der Waals surface area contributed by atoms with Gasteiger partial charge in [0, 0.05) is 0 Å². The number of hydrogen-bond acceptors (Lipinski definition) is 1. The molecule has 0 heterocycles. The van der Waals surface area contributed by atoms with Crippen LogP contribution in [0.5, 0.6) is 0 Å². The lowest BCUT2D eigenvalue weighted by Gasteiger charge is -2.33. The van der Waals surface area contributed by atoms with Gasteiger partial charge in [-0.2, -0.15) is 0 Å². The topological polar surface area (TPSA) is 20.2 Å². The third kappa shape index (κ3) is 2.10. The molecule has 2 unspecified atom stereocenters. The Labute approximate surface area is 75.5 Å². The van der Waals surface area contributed by atoms with Crippen molar-refractivity contribution in [2.24, 2.45) is 11.8 Å². The highest BCUT2D eigenvalue weighted by Gasteiger charge is 2.28. The third-order valence-corrected chi connectivity index (χ3v) is 2.89. The summed E-state index contributed by atoms with van der Waals surface area (Å²) in [5, 5.41) is 9.77. The highest BCUT2D eigenvalue weighted by atomic mass is 16.3. The molecule has 1 aliphatic carbocycles. The van der Waals surface area contributed by atoms with Crippen molar-refractivity contribution in [2.45, 2.75) is 46.1 Å². The van der Waals surface area contributed by atoms with E-state index >= 15 is 0 Å². The summed E-state index contributed by atoms with van der Waals surface area (Å²) >= 11 is 0. The molecule has 0 aromatic heterocycles. The van der Waals surface area contributed by atoms with E-state index in [1.54, 1.807) is 0 Å². The molecule has 70 valence electrons. The van der Waals surface area contributed by atoms with E-state index in [0.717, 1.165) is 12.8 Å². The van der Waals surface area contributed by atoms with E-state index in [4.69, 9.17) is 0 Å². The van der Waals surface area contributed by atoms with Crippen molar-refractivity contribution in [2.75, 3.05) is 0 Å². The van der Waals surface area contributed by atoms with Crippen LogP contribution >= 0.6 is 0 Å². The highest BCUT2D eigenvalue weighted by molar-refractivity contribution is 5.15. The average Bonchev–Trinajstić information content (AvgIpc) is 1.83. The van der Waals surface area contributed by atoms with Crippen LogP contribution in [0.2, 0.25) is 0 Å². The predicted molar refractivity (Wildman–Crippen MR) is 51.9 cm³/mol. The molecule has 0 amide bonds.